The lowest BCUT2D eigenvalue weighted by molar-refractivity contribution is 0.673. The van der Waals surface area contributed by atoms with E-state index in [1.54, 1.807) is 0 Å². The molecule has 0 bridgehead atoms. The minimum atomic E-state index is 0.880. The summed E-state index contributed by atoms with van der Waals surface area (Å²) in [6.45, 7) is 0. The standard InChI is InChI=1S/C62H39NO/c1-4-15-49-41(12-1)24-25-46-38-44(31-36-51(46)49)40-26-32-47(33-27-40)63(48-34-28-43(29-35-48)58-39-45-14-3-5-16-50(45)53-18-7-8-19-54(53)58)59-22-10-9-20-55(59)56-21-11-23-60-61(56)57-37-30-42-13-2-6-17-52(42)62(57)64-60/h1-39H. The van der Waals surface area contributed by atoms with E-state index in [-0.39, 0.29) is 0 Å². The molecule has 298 valence electrons. The average Bonchev–Trinajstić information content (AvgIpc) is 3.76. The quantitative estimate of drug-likeness (QED) is 0.156. The number of hydrogen-bond acceptors (Lipinski definition) is 2. The zero-order valence-electron chi connectivity index (χ0n) is 34.9. The molecule has 0 fully saturated rings. The number of hydrogen-bond donors (Lipinski definition) is 0. The van der Waals surface area contributed by atoms with Crippen LogP contribution >= 0.6 is 0 Å². The average molecular weight is 814 g/mol. The summed E-state index contributed by atoms with van der Waals surface area (Å²) >= 11 is 0. The predicted octanol–water partition coefficient (Wildman–Crippen LogP) is 17.8. The summed E-state index contributed by atoms with van der Waals surface area (Å²) < 4.78 is 6.70. The molecule has 0 unspecified atom stereocenters. The van der Waals surface area contributed by atoms with Crippen molar-refractivity contribution in [1.82, 2.24) is 0 Å². The molecule has 0 atom stereocenters. The van der Waals surface area contributed by atoms with E-state index in [1.165, 1.54) is 70.7 Å². The van der Waals surface area contributed by atoms with Gasteiger partial charge in [-0.1, -0.05) is 182 Å². The fourth-order valence-corrected chi connectivity index (χ4v) is 10.2. The lowest BCUT2D eigenvalue weighted by Gasteiger charge is -2.28. The van der Waals surface area contributed by atoms with Crippen LogP contribution < -0.4 is 4.90 Å². The number of nitrogens with zero attached hydrogens (tertiary/aromatic N) is 1. The molecule has 2 nitrogen and oxygen atoms in total. The van der Waals surface area contributed by atoms with Gasteiger partial charge in [-0.3, -0.25) is 0 Å². The van der Waals surface area contributed by atoms with Gasteiger partial charge in [0, 0.05) is 33.1 Å². The van der Waals surface area contributed by atoms with Crippen LogP contribution in [0.2, 0.25) is 0 Å². The van der Waals surface area contributed by atoms with Crippen LogP contribution in [-0.4, -0.2) is 0 Å². The third-order valence-corrected chi connectivity index (χ3v) is 13.2. The molecule has 12 aromatic carbocycles. The summed E-state index contributed by atoms with van der Waals surface area (Å²) in [5.74, 6) is 0. The zero-order valence-corrected chi connectivity index (χ0v) is 34.9. The first kappa shape index (κ1) is 36.2. The van der Waals surface area contributed by atoms with E-state index in [1.807, 2.05) is 0 Å². The molecule has 0 spiro atoms. The van der Waals surface area contributed by atoms with Crippen molar-refractivity contribution in [1.29, 1.82) is 0 Å². The van der Waals surface area contributed by atoms with Gasteiger partial charge in [0.25, 0.3) is 0 Å². The van der Waals surface area contributed by atoms with Crippen LogP contribution in [0.25, 0.3) is 109 Å². The molecule has 1 heterocycles. The summed E-state index contributed by atoms with van der Waals surface area (Å²) in [6, 6.07) is 86.1. The fourth-order valence-electron chi connectivity index (χ4n) is 10.2. The van der Waals surface area contributed by atoms with Gasteiger partial charge in [0.2, 0.25) is 0 Å². The minimum absolute atomic E-state index is 0.880. The second-order valence-corrected chi connectivity index (χ2v) is 16.8. The Morgan fingerprint density at radius 1 is 0.281 bits per heavy atom. The fraction of sp³-hybridized carbons (Fsp3) is 0. The molecule has 0 amide bonds. The van der Waals surface area contributed by atoms with Crippen LogP contribution in [0.4, 0.5) is 17.1 Å². The molecule has 13 aromatic rings. The van der Waals surface area contributed by atoms with E-state index in [4.69, 9.17) is 4.42 Å². The molecule has 0 aliphatic heterocycles. The summed E-state index contributed by atoms with van der Waals surface area (Å²) in [5, 5.41) is 14.6. The van der Waals surface area contributed by atoms with Gasteiger partial charge in [0.15, 0.2) is 0 Å². The van der Waals surface area contributed by atoms with Crippen molar-refractivity contribution in [3.63, 3.8) is 0 Å². The van der Waals surface area contributed by atoms with Gasteiger partial charge in [0.05, 0.1) is 5.69 Å². The van der Waals surface area contributed by atoms with Crippen LogP contribution in [0.5, 0.6) is 0 Å². The Kier molecular flexibility index (Phi) is 8.25. The monoisotopic (exact) mass is 813 g/mol. The van der Waals surface area contributed by atoms with Crippen molar-refractivity contribution in [3.8, 4) is 33.4 Å². The van der Waals surface area contributed by atoms with Crippen molar-refractivity contribution >= 4 is 92.9 Å². The van der Waals surface area contributed by atoms with Crippen LogP contribution in [0.3, 0.4) is 0 Å². The first-order chi connectivity index (χ1) is 31.7. The van der Waals surface area contributed by atoms with Gasteiger partial charge in [-0.05, 0) is 131 Å². The predicted molar refractivity (Wildman–Crippen MR) is 272 cm³/mol. The smallest absolute Gasteiger partial charge is 0.143 e. The van der Waals surface area contributed by atoms with Gasteiger partial charge in [-0.25, -0.2) is 0 Å². The molecule has 0 aliphatic carbocycles. The second-order valence-electron chi connectivity index (χ2n) is 16.8. The third-order valence-electron chi connectivity index (χ3n) is 13.2. The van der Waals surface area contributed by atoms with Crippen LogP contribution in [0.15, 0.2) is 241 Å². The summed E-state index contributed by atoms with van der Waals surface area (Å²) in [7, 11) is 0. The Labute approximate surface area is 370 Å². The Balaban J connectivity index is 0.973. The van der Waals surface area contributed by atoms with E-state index >= 15 is 0 Å². The summed E-state index contributed by atoms with van der Waals surface area (Å²) in [6.07, 6.45) is 0. The summed E-state index contributed by atoms with van der Waals surface area (Å²) in [4.78, 5) is 2.41. The van der Waals surface area contributed by atoms with Gasteiger partial charge >= 0.3 is 0 Å². The molecular weight excluding hydrogens is 775 g/mol. The Morgan fingerprint density at radius 3 is 1.58 bits per heavy atom. The van der Waals surface area contributed by atoms with Crippen molar-refractivity contribution < 1.29 is 4.42 Å². The van der Waals surface area contributed by atoms with Crippen molar-refractivity contribution in [3.05, 3.63) is 237 Å². The largest absolute Gasteiger partial charge is 0.455 e. The molecule has 0 N–H and O–H groups in total. The van der Waals surface area contributed by atoms with E-state index in [9.17, 15) is 0 Å². The second kappa shape index (κ2) is 14.6. The van der Waals surface area contributed by atoms with Gasteiger partial charge in [-0.2, -0.15) is 0 Å². The molecule has 0 saturated heterocycles. The molecule has 64 heavy (non-hydrogen) atoms. The van der Waals surface area contributed by atoms with Crippen LogP contribution in [-0.2, 0) is 0 Å². The molecule has 2 heteroatoms. The highest BCUT2D eigenvalue weighted by Gasteiger charge is 2.21. The number of furan rings is 1. The first-order valence-corrected chi connectivity index (χ1v) is 22.0. The SMILES string of the molecule is c1ccc(N(c2ccc(-c3ccc4c(ccc5ccccc54)c3)cc2)c2ccc(-c3cc4ccccc4c4ccccc34)cc2)c(-c2cccc3oc4c5ccccc5ccc4c23)c1. The van der Waals surface area contributed by atoms with E-state index in [0.717, 1.165) is 55.5 Å². The molecule has 0 saturated carbocycles. The highest BCUT2D eigenvalue weighted by Crippen LogP contribution is 2.46. The van der Waals surface area contributed by atoms with Gasteiger partial charge < -0.3 is 9.32 Å². The summed E-state index contributed by atoms with van der Waals surface area (Å²) in [5.41, 5.74) is 12.1. The topological polar surface area (TPSA) is 16.4 Å². The molecule has 0 aliphatic rings. The number of rotatable bonds is 6. The maximum atomic E-state index is 6.70. The van der Waals surface area contributed by atoms with E-state index in [0.29, 0.717) is 0 Å². The number of fused-ring (bicyclic) bond motifs is 11. The Hall–Kier alpha value is -8.46. The molecule has 0 radical (unpaired) electrons. The number of anilines is 3. The first-order valence-electron chi connectivity index (χ1n) is 22.0. The molecular formula is C62H39NO. The van der Waals surface area contributed by atoms with Crippen molar-refractivity contribution in [2.45, 2.75) is 0 Å². The molecule has 13 rings (SSSR count). The van der Waals surface area contributed by atoms with Crippen LogP contribution in [0.1, 0.15) is 0 Å². The highest BCUT2D eigenvalue weighted by atomic mass is 16.3. The lowest BCUT2D eigenvalue weighted by Crippen LogP contribution is -2.11. The lowest BCUT2D eigenvalue weighted by atomic mass is 9.93. The van der Waals surface area contributed by atoms with Gasteiger partial charge in [-0.15, -0.1) is 0 Å². The maximum Gasteiger partial charge on any atom is 0.143 e. The highest BCUT2D eigenvalue weighted by molar-refractivity contribution is 6.20. The van der Waals surface area contributed by atoms with Crippen molar-refractivity contribution in [2.75, 3.05) is 4.90 Å². The normalized spacial score (nSPS) is 11.8. The Bertz CT molecular complexity index is 3950. The number of para-hydroxylation sites is 1. The number of benzene rings is 12. The maximum absolute atomic E-state index is 6.70. The van der Waals surface area contributed by atoms with E-state index in [2.05, 4.69) is 241 Å². The van der Waals surface area contributed by atoms with E-state index < -0.39 is 0 Å². The van der Waals surface area contributed by atoms with Gasteiger partial charge in [0.1, 0.15) is 11.2 Å². The van der Waals surface area contributed by atoms with Crippen molar-refractivity contribution in [2.24, 2.45) is 0 Å². The third kappa shape index (κ3) is 5.81. The van der Waals surface area contributed by atoms with Crippen LogP contribution in [0, 0.1) is 0 Å². The minimum Gasteiger partial charge on any atom is -0.455 e. The zero-order chi connectivity index (χ0) is 42.1. The molecule has 1 aromatic heterocycles. The Morgan fingerprint density at radius 2 is 0.797 bits per heavy atom.